The van der Waals surface area contributed by atoms with Gasteiger partial charge in [-0.05, 0) is 114 Å². The topological polar surface area (TPSA) is 12.0 Å². The molecule has 184 valence electrons. The van der Waals surface area contributed by atoms with Crippen LogP contribution in [0.2, 0.25) is 0 Å². The van der Waals surface area contributed by atoms with Gasteiger partial charge < -0.3 is 5.32 Å². The van der Waals surface area contributed by atoms with E-state index < -0.39 is 0 Å². The molecule has 2 heteroatoms. The summed E-state index contributed by atoms with van der Waals surface area (Å²) < 4.78 is 13.7. The first-order valence-electron chi connectivity index (χ1n) is 14.1. The maximum atomic E-state index is 13.7. The molecule has 5 unspecified atom stereocenters. The Morgan fingerprint density at radius 1 is 0.649 bits per heavy atom. The molecule has 0 aliphatic heterocycles. The minimum absolute atomic E-state index is 0.177. The Morgan fingerprint density at radius 2 is 1.43 bits per heavy atom. The molecule has 5 atom stereocenters. The van der Waals surface area contributed by atoms with Crippen LogP contribution in [-0.2, 0) is 5.41 Å². The van der Waals surface area contributed by atoms with Crippen LogP contribution in [0.1, 0.15) is 49.7 Å². The first kappa shape index (κ1) is 21.7. The number of halogens is 1. The molecule has 4 aromatic rings. The van der Waals surface area contributed by atoms with Crippen LogP contribution < -0.4 is 5.32 Å². The molecule has 0 heterocycles. The van der Waals surface area contributed by atoms with Crippen LogP contribution >= 0.6 is 0 Å². The zero-order valence-corrected chi connectivity index (χ0v) is 21.1. The van der Waals surface area contributed by atoms with Crippen molar-refractivity contribution >= 4 is 11.4 Å². The van der Waals surface area contributed by atoms with Crippen molar-refractivity contribution in [1.29, 1.82) is 0 Å². The maximum Gasteiger partial charge on any atom is 0.123 e. The summed E-state index contributed by atoms with van der Waals surface area (Å²) >= 11 is 0. The van der Waals surface area contributed by atoms with E-state index in [1.807, 2.05) is 6.07 Å². The van der Waals surface area contributed by atoms with Crippen LogP contribution in [0.3, 0.4) is 0 Å². The van der Waals surface area contributed by atoms with Crippen molar-refractivity contribution in [2.24, 2.45) is 23.7 Å². The Balaban J connectivity index is 1.22. The van der Waals surface area contributed by atoms with E-state index >= 15 is 0 Å². The van der Waals surface area contributed by atoms with Gasteiger partial charge in [0.25, 0.3) is 0 Å². The van der Waals surface area contributed by atoms with E-state index in [9.17, 15) is 4.39 Å². The van der Waals surface area contributed by atoms with Crippen LogP contribution in [0, 0.1) is 29.5 Å². The Labute approximate surface area is 218 Å². The molecule has 1 nitrogen and oxygen atoms in total. The van der Waals surface area contributed by atoms with Crippen molar-refractivity contribution in [1.82, 2.24) is 0 Å². The fourth-order valence-corrected chi connectivity index (χ4v) is 9.02. The van der Waals surface area contributed by atoms with E-state index in [0.717, 1.165) is 40.5 Å². The standard InChI is InChI=1S/C35H32FN/c36-28-6-3-5-25(21-28)24-12-15-29(16-13-24)37-33-10-4-9-32-34(33)30-7-1-2-8-31(30)35(32)26-14-11-22-17-23(19-26)20-27(35)18-22/h1-10,12-13,15-16,21-23,26-27,37H,11,14,17-20H2. The molecular weight excluding hydrogens is 453 g/mol. The lowest BCUT2D eigenvalue weighted by molar-refractivity contribution is 0.0618. The first-order chi connectivity index (χ1) is 18.2. The molecule has 37 heavy (non-hydrogen) atoms. The number of hydrogen-bond donors (Lipinski definition) is 1. The quantitative estimate of drug-likeness (QED) is 0.305. The average Bonchev–Trinajstić information content (AvgIpc) is 3.07. The van der Waals surface area contributed by atoms with Gasteiger partial charge in [0.15, 0.2) is 0 Å². The van der Waals surface area contributed by atoms with Crippen molar-refractivity contribution in [3.63, 3.8) is 0 Å². The Morgan fingerprint density at radius 3 is 2.32 bits per heavy atom. The Hall–Kier alpha value is -3.39. The van der Waals surface area contributed by atoms with E-state index in [1.165, 1.54) is 61.4 Å². The second-order valence-corrected chi connectivity index (χ2v) is 12.0. The van der Waals surface area contributed by atoms with E-state index in [1.54, 1.807) is 23.3 Å². The summed E-state index contributed by atoms with van der Waals surface area (Å²) in [5, 5.41) is 3.78. The number of anilines is 2. The highest BCUT2D eigenvalue weighted by Crippen LogP contribution is 2.68. The summed E-state index contributed by atoms with van der Waals surface area (Å²) in [7, 11) is 0. The Kier molecular flexibility index (Phi) is 4.72. The Bertz CT molecular complexity index is 1490. The van der Waals surface area contributed by atoms with Gasteiger partial charge in [-0.15, -0.1) is 0 Å². The average molecular weight is 486 g/mol. The molecule has 5 aliphatic carbocycles. The highest BCUT2D eigenvalue weighted by atomic mass is 19.1. The van der Waals surface area contributed by atoms with E-state index in [-0.39, 0.29) is 11.2 Å². The predicted molar refractivity (Wildman–Crippen MR) is 149 cm³/mol. The molecule has 0 saturated heterocycles. The fourth-order valence-electron chi connectivity index (χ4n) is 9.02. The van der Waals surface area contributed by atoms with Gasteiger partial charge in [-0.3, -0.25) is 0 Å². The van der Waals surface area contributed by atoms with E-state index in [2.05, 4.69) is 72.0 Å². The zero-order valence-electron chi connectivity index (χ0n) is 21.1. The summed E-state index contributed by atoms with van der Waals surface area (Å²) in [6.45, 7) is 0. The van der Waals surface area contributed by atoms with Gasteiger partial charge in [-0.25, -0.2) is 4.39 Å². The minimum atomic E-state index is -0.201. The molecule has 5 aliphatic rings. The lowest BCUT2D eigenvalue weighted by Crippen LogP contribution is -2.48. The molecular formula is C35H32FN. The summed E-state index contributed by atoms with van der Waals surface area (Å²) in [6.07, 6.45) is 8.49. The van der Waals surface area contributed by atoms with Crippen molar-refractivity contribution in [3.05, 3.63) is 108 Å². The molecule has 0 aromatic heterocycles. The third-order valence-corrected chi connectivity index (χ3v) is 10.2. The number of fused-ring (bicyclic) bond motifs is 4. The number of rotatable bonds is 3. The van der Waals surface area contributed by atoms with Crippen LogP contribution in [0.4, 0.5) is 15.8 Å². The van der Waals surface area contributed by atoms with Crippen molar-refractivity contribution in [2.75, 3.05) is 5.32 Å². The number of nitrogens with one attached hydrogen (secondary N) is 1. The molecule has 1 N–H and O–H groups in total. The van der Waals surface area contributed by atoms with Gasteiger partial charge >= 0.3 is 0 Å². The second-order valence-electron chi connectivity index (χ2n) is 12.0. The summed E-state index contributed by atoms with van der Waals surface area (Å²) in [5.74, 6) is 3.19. The predicted octanol–water partition coefficient (Wildman–Crippen LogP) is 9.35. The smallest absolute Gasteiger partial charge is 0.123 e. The molecule has 0 amide bonds. The van der Waals surface area contributed by atoms with E-state index in [4.69, 9.17) is 0 Å². The third-order valence-electron chi connectivity index (χ3n) is 10.2. The summed E-state index contributed by atoms with van der Waals surface area (Å²) in [6, 6.07) is 31.5. The lowest BCUT2D eigenvalue weighted by atomic mass is 9.51. The fraction of sp³-hybridized carbons (Fsp3) is 0.314. The van der Waals surface area contributed by atoms with Crippen LogP contribution in [0.5, 0.6) is 0 Å². The van der Waals surface area contributed by atoms with Crippen LogP contribution in [0.15, 0.2) is 91.0 Å². The molecule has 4 bridgehead atoms. The number of hydrogen-bond acceptors (Lipinski definition) is 1. The molecule has 4 aromatic carbocycles. The van der Waals surface area contributed by atoms with Crippen molar-refractivity contribution in [2.45, 2.75) is 43.9 Å². The first-order valence-corrected chi connectivity index (χ1v) is 14.1. The molecule has 4 saturated carbocycles. The minimum Gasteiger partial charge on any atom is -0.355 e. The number of benzene rings is 4. The zero-order chi connectivity index (χ0) is 24.6. The van der Waals surface area contributed by atoms with Gasteiger partial charge in [-0.2, -0.15) is 0 Å². The molecule has 4 fully saturated rings. The lowest BCUT2D eigenvalue weighted by Gasteiger charge is -2.53. The van der Waals surface area contributed by atoms with Gasteiger partial charge in [0.2, 0.25) is 0 Å². The van der Waals surface area contributed by atoms with Crippen LogP contribution in [0.25, 0.3) is 22.3 Å². The highest BCUT2D eigenvalue weighted by molar-refractivity contribution is 5.92. The molecule has 1 spiro atoms. The van der Waals surface area contributed by atoms with Crippen LogP contribution in [-0.4, -0.2) is 0 Å². The highest BCUT2D eigenvalue weighted by Gasteiger charge is 2.59. The normalized spacial score (nSPS) is 28.7. The SMILES string of the molecule is Fc1cccc(-c2ccc(Nc3cccc4c3-c3ccccc3C43C4CCC5CC(C4)CC3C5)cc2)c1. The summed E-state index contributed by atoms with van der Waals surface area (Å²) in [5.41, 5.74) is 10.4. The van der Waals surface area contributed by atoms with Crippen molar-refractivity contribution < 1.29 is 4.39 Å². The van der Waals surface area contributed by atoms with Gasteiger partial charge in [0.05, 0.1) is 0 Å². The summed E-state index contributed by atoms with van der Waals surface area (Å²) in [4.78, 5) is 0. The van der Waals surface area contributed by atoms with Gasteiger partial charge in [0.1, 0.15) is 5.82 Å². The molecule has 9 rings (SSSR count). The maximum absolute atomic E-state index is 13.7. The van der Waals surface area contributed by atoms with E-state index in [0.29, 0.717) is 0 Å². The molecule has 0 radical (unpaired) electrons. The monoisotopic (exact) mass is 485 g/mol. The largest absolute Gasteiger partial charge is 0.355 e. The van der Waals surface area contributed by atoms with Gasteiger partial charge in [0, 0.05) is 22.4 Å². The van der Waals surface area contributed by atoms with Crippen molar-refractivity contribution in [3.8, 4) is 22.3 Å². The van der Waals surface area contributed by atoms with Gasteiger partial charge in [-0.1, -0.05) is 67.1 Å². The second kappa shape index (κ2) is 8.05. The third kappa shape index (κ3) is 3.14.